The van der Waals surface area contributed by atoms with Gasteiger partial charge < -0.3 is 15.5 Å². The van der Waals surface area contributed by atoms with Crippen LogP contribution in [-0.4, -0.2) is 75.6 Å². The molecule has 1 fully saturated rings. The lowest BCUT2D eigenvalue weighted by atomic mass is 10.0. The van der Waals surface area contributed by atoms with E-state index in [4.69, 9.17) is 0 Å². The predicted octanol–water partition coefficient (Wildman–Crippen LogP) is 3.44. The van der Waals surface area contributed by atoms with Crippen molar-refractivity contribution in [2.45, 2.75) is 12.8 Å². The van der Waals surface area contributed by atoms with E-state index in [0.29, 0.717) is 23.4 Å². The third kappa shape index (κ3) is 5.03. The van der Waals surface area contributed by atoms with Crippen LogP contribution in [0.15, 0.2) is 55.0 Å². The van der Waals surface area contributed by atoms with Crippen LogP contribution in [0.2, 0.25) is 0 Å². The number of pyridine rings is 2. The largest absolute Gasteiger partial charge is 0.371 e. The van der Waals surface area contributed by atoms with Gasteiger partial charge in [0, 0.05) is 30.2 Å². The van der Waals surface area contributed by atoms with Gasteiger partial charge >= 0.3 is 0 Å². The van der Waals surface area contributed by atoms with Crippen LogP contribution in [0.5, 0.6) is 0 Å². The second-order valence-corrected chi connectivity index (χ2v) is 9.09. The molecule has 1 saturated heterocycles. The molecule has 36 heavy (non-hydrogen) atoms. The van der Waals surface area contributed by atoms with Crippen LogP contribution in [0.3, 0.4) is 0 Å². The summed E-state index contributed by atoms with van der Waals surface area (Å²) in [6.45, 7) is 2.22. The highest BCUT2D eigenvalue weighted by Crippen LogP contribution is 2.27. The van der Waals surface area contributed by atoms with E-state index < -0.39 is 0 Å². The lowest BCUT2D eigenvalue weighted by Crippen LogP contribution is -2.28. The third-order valence-electron chi connectivity index (χ3n) is 6.08. The van der Waals surface area contributed by atoms with E-state index in [1.807, 2.05) is 43.3 Å². The summed E-state index contributed by atoms with van der Waals surface area (Å²) in [4.78, 5) is 38.0. The van der Waals surface area contributed by atoms with Gasteiger partial charge in [-0.3, -0.25) is 24.6 Å². The van der Waals surface area contributed by atoms with Crippen molar-refractivity contribution in [3.05, 3.63) is 66.4 Å². The van der Waals surface area contributed by atoms with Crippen molar-refractivity contribution in [2.75, 3.05) is 44.5 Å². The van der Waals surface area contributed by atoms with Crippen LogP contribution < -0.4 is 10.6 Å². The molecule has 1 aliphatic heterocycles. The maximum atomic E-state index is 13.0. The molecule has 10 nitrogen and oxygen atoms in total. The maximum absolute atomic E-state index is 13.0. The van der Waals surface area contributed by atoms with Crippen molar-refractivity contribution in [2.24, 2.45) is 0 Å². The summed E-state index contributed by atoms with van der Waals surface area (Å²) in [5.41, 5.74) is 4.66. The first-order valence-corrected chi connectivity index (χ1v) is 11.9. The van der Waals surface area contributed by atoms with Gasteiger partial charge in [0.2, 0.25) is 0 Å². The number of H-pyrrole nitrogens is 1. The summed E-state index contributed by atoms with van der Waals surface area (Å²) >= 11 is 0. The number of hydrogen-bond donors (Lipinski definition) is 3. The SMILES string of the molecule is CN(C)CNc1cncc(-c2ccc3[nH]nc(C(=O)Nc4ccc(C(=O)N5CCCC5)nc4)c3c2)c1. The minimum absolute atomic E-state index is 0.0772. The van der Waals surface area contributed by atoms with Crippen LogP contribution in [-0.2, 0) is 0 Å². The van der Waals surface area contributed by atoms with Crippen LogP contribution >= 0.6 is 0 Å². The quantitative estimate of drug-likeness (QED) is 0.344. The van der Waals surface area contributed by atoms with E-state index >= 15 is 0 Å². The Morgan fingerprint density at radius 1 is 1.00 bits per heavy atom. The van der Waals surface area contributed by atoms with E-state index in [-0.39, 0.29) is 17.5 Å². The Morgan fingerprint density at radius 3 is 2.58 bits per heavy atom. The molecule has 0 radical (unpaired) electrons. The van der Waals surface area contributed by atoms with Crippen molar-refractivity contribution in [1.29, 1.82) is 0 Å². The fourth-order valence-corrected chi connectivity index (χ4v) is 4.18. The highest BCUT2D eigenvalue weighted by molar-refractivity contribution is 6.11. The third-order valence-corrected chi connectivity index (χ3v) is 6.08. The number of likely N-dealkylation sites (tertiary alicyclic amines) is 1. The molecule has 0 bridgehead atoms. The summed E-state index contributed by atoms with van der Waals surface area (Å²) in [6.07, 6.45) is 7.11. The average molecular weight is 485 g/mol. The minimum Gasteiger partial charge on any atom is -0.371 e. The fraction of sp³-hybridized carbons (Fsp3) is 0.269. The Hall–Kier alpha value is -4.31. The van der Waals surface area contributed by atoms with Gasteiger partial charge in [0.1, 0.15) is 5.69 Å². The lowest BCUT2D eigenvalue weighted by molar-refractivity contribution is 0.0787. The Balaban J connectivity index is 1.33. The molecule has 0 atom stereocenters. The lowest BCUT2D eigenvalue weighted by Gasteiger charge is -2.14. The number of fused-ring (bicyclic) bond motifs is 1. The second kappa shape index (κ2) is 10.1. The normalized spacial score (nSPS) is 13.4. The molecular weight excluding hydrogens is 456 g/mol. The minimum atomic E-state index is -0.363. The zero-order valence-electron chi connectivity index (χ0n) is 20.3. The Morgan fingerprint density at radius 2 is 1.83 bits per heavy atom. The first-order chi connectivity index (χ1) is 17.5. The van der Waals surface area contributed by atoms with Crippen LogP contribution in [0.1, 0.15) is 33.8 Å². The molecule has 0 saturated carbocycles. The molecule has 1 aromatic carbocycles. The predicted molar refractivity (Wildman–Crippen MR) is 139 cm³/mol. The molecule has 4 heterocycles. The van der Waals surface area contributed by atoms with Crippen molar-refractivity contribution in [1.82, 2.24) is 30.0 Å². The summed E-state index contributed by atoms with van der Waals surface area (Å²) in [7, 11) is 3.98. The number of nitrogens with one attached hydrogen (secondary N) is 3. The van der Waals surface area contributed by atoms with Crippen LogP contribution in [0.4, 0.5) is 11.4 Å². The van der Waals surface area contributed by atoms with Crippen molar-refractivity contribution in [3.63, 3.8) is 0 Å². The van der Waals surface area contributed by atoms with E-state index in [9.17, 15) is 9.59 Å². The number of anilines is 2. The summed E-state index contributed by atoms with van der Waals surface area (Å²) < 4.78 is 0. The van der Waals surface area contributed by atoms with E-state index in [1.165, 1.54) is 6.20 Å². The van der Waals surface area contributed by atoms with Crippen LogP contribution in [0.25, 0.3) is 22.0 Å². The number of rotatable bonds is 7. The van der Waals surface area contributed by atoms with Gasteiger partial charge in [-0.25, -0.2) is 4.98 Å². The highest BCUT2D eigenvalue weighted by Gasteiger charge is 2.21. The number of hydrogen-bond acceptors (Lipinski definition) is 7. The molecule has 4 aromatic rings. The van der Waals surface area contributed by atoms with Gasteiger partial charge in [-0.05, 0) is 62.8 Å². The standard InChI is InChI=1S/C26H28N8O2/c1-33(2)16-29-20-11-18(13-27-14-20)17-5-7-22-21(12-17)24(32-31-22)25(35)30-19-6-8-23(28-15-19)26(36)34-9-3-4-10-34/h5-8,11-15,29H,3-4,9-10,16H2,1-2H3,(H,30,35)(H,31,32). The first kappa shape index (κ1) is 23.4. The molecular formula is C26H28N8O2. The first-order valence-electron chi connectivity index (χ1n) is 11.9. The summed E-state index contributed by atoms with van der Waals surface area (Å²) in [5, 5.41) is 14.0. The molecule has 3 N–H and O–H groups in total. The Bertz CT molecular complexity index is 1390. The Labute approximate surface area is 208 Å². The number of nitrogens with zero attached hydrogens (tertiary/aromatic N) is 5. The van der Waals surface area contributed by atoms with E-state index in [0.717, 1.165) is 48.3 Å². The van der Waals surface area contributed by atoms with Gasteiger partial charge in [0.25, 0.3) is 11.8 Å². The van der Waals surface area contributed by atoms with Gasteiger partial charge in [0.15, 0.2) is 5.69 Å². The molecule has 5 rings (SSSR count). The van der Waals surface area contributed by atoms with Gasteiger partial charge in [-0.1, -0.05) is 6.07 Å². The molecule has 0 aliphatic carbocycles. The molecule has 10 heteroatoms. The smallest absolute Gasteiger partial charge is 0.276 e. The number of carbonyl (C=O) groups excluding carboxylic acids is 2. The zero-order chi connectivity index (χ0) is 25.1. The number of aromatic nitrogens is 4. The number of benzene rings is 1. The van der Waals surface area contributed by atoms with Gasteiger partial charge in [-0.15, -0.1) is 0 Å². The summed E-state index contributed by atoms with van der Waals surface area (Å²) in [6, 6.07) is 11.1. The summed E-state index contributed by atoms with van der Waals surface area (Å²) in [5.74, 6) is -0.440. The second-order valence-electron chi connectivity index (χ2n) is 9.09. The van der Waals surface area contributed by atoms with Crippen molar-refractivity contribution in [3.8, 4) is 11.1 Å². The fourth-order valence-electron chi connectivity index (χ4n) is 4.18. The maximum Gasteiger partial charge on any atom is 0.276 e. The van der Waals surface area contributed by atoms with Gasteiger partial charge in [0.05, 0.1) is 36.0 Å². The topological polar surface area (TPSA) is 119 Å². The van der Waals surface area contributed by atoms with Gasteiger partial charge in [-0.2, -0.15) is 5.10 Å². The van der Waals surface area contributed by atoms with Crippen molar-refractivity contribution >= 4 is 34.1 Å². The number of amides is 2. The number of carbonyl (C=O) groups is 2. The molecule has 3 aromatic heterocycles. The molecule has 2 amide bonds. The molecule has 1 aliphatic rings. The average Bonchev–Trinajstić information content (AvgIpc) is 3.58. The Kier molecular flexibility index (Phi) is 6.59. The molecule has 0 spiro atoms. The molecule has 0 unspecified atom stereocenters. The van der Waals surface area contributed by atoms with E-state index in [2.05, 4.69) is 30.8 Å². The molecule has 184 valence electrons. The zero-order valence-corrected chi connectivity index (χ0v) is 20.3. The van der Waals surface area contributed by atoms with Crippen molar-refractivity contribution < 1.29 is 9.59 Å². The highest BCUT2D eigenvalue weighted by atomic mass is 16.2. The number of aromatic amines is 1. The van der Waals surface area contributed by atoms with E-state index in [1.54, 1.807) is 29.4 Å². The monoisotopic (exact) mass is 484 g/mol. The van der Waals surface area contributed by atoms with Crippen LogP contribution in [0, 0.1) is 0 Å².